The Labute approximate surface area is 195 Å². The van der Waals surface area contributed by atoms with E-state index in [1.165, 1.54) is 12.8 Å². The van der Waals surface area contributed by atoms with Gasteiger partial charge in [-0.25, -0.2) is 0 Å². The summed E-state index contributed by atoms with van der Waals surface area (Å²) in [6, 6.07) is 0. The van der Waals surface area contributed by atoms with Crippen molar-refractivity contribution in [2.24, 2.45) is 0 Å². The van der Waals surface area contributed by atoms with Crippen LogP contribution >= 0.6 is 0 Å². The van der Waals surface area contributed by atoms with Crippen LogP contribution in [-0.2, 0) is 131 Å². The minimum Gasteiger partial charge on any atom is -0.0683 e. The molecule has 14 heavy (non-hydrogen) atoms. The molecule has 0 heterocycles. The molecule has 0 saturated heterocycles. The van der Waals surface area contributed by atoms with Crippen molar-refractivity contribution < 1.29 is 131 Å². The van der Waals surface area contributed by atoms with Crippen LogP contribution in [-0.4, -0.2) is 0 Å². The van der Waals surface area contributed by atoms with Gasteiger partial charge in [0.1, 0.15) is 0 Å². The van der Waals surface area contributed by atoms with Gasteiger partial charge in [0.25, 0.3) is 0 Å². The number of hydrogen-bond donors (Lipinski definition) is 0. The Kier molecular flexibility index (Phi) is 419. The molecule has 0 atom stereocenters. The molecule has 0 N–H and O–H groups in total. The Bertz CT molecular complexity index is 14.1. The van der Waals surface area contributed by atoms with Gasteiger partial charge in [-0.3, -0.25) is 0 Å². The van der Waals surface area contributed by atoms with Gasteiger partial charge < -0.3 is 0 Å². The van der Waals surface area contributed by atoms with Crippen LogP contribution in [0.2, 0.25) is 0 Å². The maximum Gasteiger partial charge on any atom is 0 e. The smallest absolute Gasteiger partial charge is 0 e. The van der Waals surface area contributed by atoms with E-state index < -0.39 is 0 Å². The van der Waals surface area contributed by atoms with Crippen molar-refractivity contribution in [2.45, 2.75) is 68.2 Å². The van der Waals surface area contributed by atoms with E-state index in [0.29, 0.717) is 0 Å². The number of unbranched alkanes of at least 4 members (excludes halogenated alkanes) is 1. The molecular weight excluding hydrogens is 476 g/mol. The van der Waals surface area contributed by atoms with E-state index in [2.05, 4.69) is 13.8 Å². The molecule has 0 nitrogen and oxygen atoms in total. The predicted octanol–water partition coefficient (Wildman–Crippen LogP) is 4.88. The molecule has 0 unspecified atom stereocenters. The normalized spacial score (nSPS) is 3.43. The monoisotopic (exact) mass is 504 g/mol. The average molecular weight is 504 g/mol. The van der Waals surface area contributed by atoms with Crippen LogP contribution in [0.25, 0.3) is 0 Å². The largest absolute Gasteiger partial charge is 0.0683 e. The first-order valence-electron chi connectivity index (χ1n) is 4.91. The molecule has 0 fully saturated rings. The van der Waals surface area contributed by atoms with Gasteiger partial charge >= 0.3 is 0 Å². The molecule has 4 heteroatoms. The molecule has 0 aromatic heterocycles. The molecule has 0 saturated carbocycles. The summed E-state index contributed by atoms with van der Waals surface area (Å²) in [5.74, 6) is 0. The fourth-order valence-electron chi connectivity index (χ4n) is 0. The predicted molar refractivity (Wildman–Crippen MR) is 54.6 cm³/mol. The fraction of sp³-hybridized carbons (Fsp3) is 1.00. The second-order valence-corrected chi connectivity index (χ2v) is 1.000. The molecular formula is C10H28Y4. The molecule has 0 aliphatic rings. The first kappa shape index (κ1) is 51.5. The van der Waals surface area contributed by atoms with Crippen molar-refractivity contribution in [1.29, 1.82) is 0 Å². The van der Waals surface area contributed by atoms with Crippen molar-refractivity contribution >= 4 is 0 Å². The van der Waals surface area contributed by atoms with Gasteiger partial charge in [-0.1, -0.05) is 68.2 Å². The molecule has 0 aromatic carbocycles. The van der Waals surface area contributed by atoms with Crippen molar-refractivity contribution in [3.05, 3.63) is 0 Å². The molecule has 0 rings (SSSR count). The van der Waals surface area contributed by atoms with Crippen molar-refractivity contribution in [1.82, 2.24) is 0 Å². The Hall–Kier alpha value is 4.42. The van der Waals surface area contributed by atoms with Gasteiger partial charge in [-0.05, 0) is 0 Å². The van der Waals surface area contributed by atoms with Gasteiger partial charge in [0.15, 0.2) is 0 Å². The SMILES string of the molecule is CC.CC.CC.CCCC.[Y].[Y].[Y].[Y]. The van der Waals surface area contributed by atoms with Crippen molar-refractivity contribution in [2.75, 3.05) is 0 Å². The summed E-state index contributed by atoms with van der Waals surface area (Å²) in [5.41, 5.74) is 0. The Balaban J connectivity index is -0.00000000550. The van der Waals surface area contributed by atoms with Crippen LogP contribution in [0.4, 0.5) is 0 Å². The maximum atomic E-state index is 2.18. The molecule has 4 radical (unpaired) electrons. The Morgan fingerprint density at radius 1 is 0.429 bits per heavy atom. The standard InChI is InChI=1S/C4H10.3C2H6.4Y/c1-3-4-2;3*1-2;;;;/h3-4H2,1-2H3;3*1-2H3;;;;. The topological polar surface area (TPSA) is 0 Å². The second-order valence-electron chi connectivity index (χ2n) is 1.000. The summed E-state index contributed by atoms with van der Waals surface area (Å²) in [4.78, 5) is 0. The van der Waals surface area contributed by atoms with Gasteiger partial charge in [-0.2, -0.15) is 0 Å². The summed E-state index contributed by atoms with van der Waals surface area (Å²) >= 11 is 0. The van der Waals surface area contributed by atoms with Crippen molar-refractivity contribution in [3.63, 3.8) is 0 Å². The quantitative estimate of drug-likeness (QED) is 0.479. The third-order valence-corrected chi connectivity index (χ3v) is 0.500. The van der Waals surface area contributed by atoms with Gasteiger partial charge in [-0.15, -0.1) is 0 Å². The first-order valence-corrected chi connectivity index (χ1v) is 4.91. The molecule has 80 valence electrons. The van der Waals surface area contributed by atoms with E-state index in [-0.39, 0.29) is 131 Å². The summed E-state index contributed by atoms with van der Waals surface area (Å²) < 4.78 is 0. The zero-order valence-electron chi connectivity index (χ0n) is 11.7. The number of rotatable bonds is 1. The van der Waals surface area contributed by atoms with Crippen LogP contribution < -0.4 is 0 Å². The Morgan fingerprint density at radius 3 is 0.500 bits per heavy atom. The van der Waals surface area contributed by atoms with Crippen LogP contribution in [0.3, 0.4) is 0 Å². The summed E-state index contributed by atoms with van der Waals surface area (Å²) in [7, 11) is 0. The van der Waals surface area contributed by atoms with E-state index >= 15 is 0 Å². The van der Waals surface area contributed by atoms with Gasteiger partial charge in [0, 0.05) is 131 Å². The van der Waals surface area contributed by atoms with E-state index in [1.807, 2.05) is 41.5 Å². The van der Waals surface area contributed by atoms with Gasteiger partial charge in [0.05, 0.1) is 0 Å². The van der Waals surface area contributed by atoms with Crippen LogP contribution in [0.5, 0.6) is 0 Å². The molecule has 0 aliphatic heterocycles. The fourth-order valence-corrected chi connectivity index (χ4v) is 0. The van der Waals surface area contributed by atoms with E-state index in [0.717, 1.165) is 0 Å². The average Bonchev–Trinajstić information content (AvgIpc) is 2.14. The summed E-state index contributed by atoms with van der Waals surface area (Å²) in [5, 5.41) is 0. The molecule has 0 aliphatic carbocycles. The van der Waals surface area contributed by atoms with Gasteiger partial charge in [0.2, 0.25) is 0 Å². The third kappa shape index (κ3) is 133. The van der Waals surface area contributed by atoms with Crippen LogP contribution in [0.1, 0.15) is 68.2 Å². The maximum absolute atomic E-state index is 2.18. The minimum absolute atomic E-state index is 0. The first-order chi connectivity index (χ1) is 4.91. The third-order valence-electron chi connectivity index (χ3n) is 0.500. The van der Waals surface area contributed by atoms with E-state index in [1.54, 1.807) is 0 Å². The van der Waals surface area contributed by atoms with Crippen LogP contribution in [0.15, 0.2) is 0 Å². The molecule has 0 amide bonds. The Morgan fingerprint density at radius 2 is 0.500 bits per heavy atom. The minimum atomic E-state index is 0. The molecule has 0 bridgehead atoms. The van der Waals surface area contributed by atoms with E-state index in [9.17, 15) is 0 Å². The molecule has 0 aromatic rings. The zero-order chi connectivity index (χ0) is 9.41. The summed E-state index contributed by atoms with van der Waals surface area (Å²) in [6.45, 7) is 16.4. The van der Waals surface area contributed by atoms with Crippen molar-refractivity contribution in [3.8, 4) is 0 Å². The van der Waals surface area contributed by atoms with Crippen LogP contribution in [0, 0.1) is 0 Å². The van der Waals surface area contributed by atoms with E-state index in [4.69, 9.17) is 0 Å². The number of hydrogen-bond acceptors (Lipinski definition) is 0. The summed E-state index contributed by atoms with van der Waals surface area (Å²) in [6.07, 6.45) is 2.64. The molecule has 0 spiro atoms. The second kappa shape index (κ2) is 114. The zero-order valence-corrected chi connectivity index (χ0v) is 23.1.